The number of carbonyl (C=O) groups is 2. The fraction of sp³-hybridized carbons (Fsp3) is 0.269. The van der Waals surface area contributed by atoms with Crippen LogP contribution in [0.1, 0.15) is 39.1 Å². The zero-order chi connectivity index (χ0) is 24.6. The third-order valence-electron chi connectivity index (χ3n) is 6.29. The molecule has 2 aliphatic rings. The number of anilines is 1. The second-order valence-corrected chi connectivity index (χ2v) is 9.17. The van der Waals surface area contributed by atoms with Crippen molar-refractivity contribution in [2.75, 3.05) is 25.1 Å². The molecule has 1 saturated heterocycles. The first-order valence-corrected chi connectivity index (χ1v) is 11.6. The fourth-order valence-electron chi connectivity index (χ4n) is 4.21. The minimum absolute atomic E-state index is 0.0978. The first-order valence-electron chi connectivity index (χ1n) is 11.2. The van der Waals surface area contributed by atoms with Crippen LogP contribution in [0, 0.1) is 5.82 Å². The predicted molar refractivity (Wildman–Crippen MR) is 128 cm³/mol. The van der Waals surface area contributed by atoms with Crippen molar-refractivity contribution in [2.45, 2.75) is 24.5 Å². The Balaban J connectivity index is 1.29. The molecule has 1 N–H and O–H groups in total. The van der Waals surface area contributed by atoms with E-state index in [1.54, 1.807) is 36.4 Å². The Kier molecular flexibility index (Phi) is 6.06. The number of nitrogens with zero attached hydrogens (tertiary/aromatic N) is 2. The van der Waals surface area contributed by atoms with Gasteiger partial charge in [0, 0.05) is 5.02 Å². The monoisotopic (exact) mass is 495 g/mol. The van der Waals surface area contributed by atoms with Crippen LogP contribution in [-0.4, -0.2) is 43.2 Å². The smallest absolute Gasteiger partial charge is 0.337 e. The number of amides is 1. The van der Waals surface area contributed by atoms with E-state index in [-0.39, 0.29) is 11.7 Å². The second-order valence-electron chi connectivity index (χ2n) is 8.73. The highest BCUT2D eigenvalue weighted by atomic mass is 35.5. The Morgan fingerprint density at radius 3 is 2.54 bits per heavy atom. The molecule has 7 nitrogen and oxygen atoms in total. The molecule has 2 heterocycles. The Hall–Kier alpha value is -3.65. The van der Waals surface area contributed by atoms with E-state index in [2.05, 4.69) is 10.3 Å². The van der Waals surface area contributed by atoms with Gasteiger partial charge in [-0.25, -0.2) is 14.2 Å². The van der Waals surface area contributed by atoms with E-state index in [1.807, 2.05) is 17.0 Å². The predicted octanol–water partition coefficient (Wildman–Crippen LogP) is 4.35. The third kappa shape index (κ3) is 4.79. The number of esters is 1. The topological polar surface area (TPSA) is 80.8 Å². The lowest BCUT2D eigenvalue weighted by atomic mass is 10.0. The highest BCUT2D eigenvalue weighted by Crippen LogP contribution is 2.46. The maximum atomic E-state index is 14.1. The van der Waals surface area contributed by atoms with Crippen molar-refractivity contribution in [3.8, 4) is 5.75 Å². The third-order valence-corrected chi connectivity index (χ3v) is 6.52. The molecule has 180 valence electrons. The lowest BCUT2D eigenvalue weighted by Crippen LogP contribution is -2.55. The fourth-order valence-corrected chi connectivity index (χ4v) is 4.39. The summed E-state index contributed by atoms with van der Waals surface area (Å²) in [6.45, 7) is 1.01. The summed E-state index contributed by atoms with van der Waals surface area (Å²) in [7, 11) is 1.33. The number of halogens is 2. The van der Waals surface area contributed by atoms with E-state index in [0.717, 1.165) is 24.6 Å². The lowest BCUT2D eigenvalue weighted by Gasteiger charge is -2.40. The molecule has 1 saturated carbocycles. The van der Waals surface area contributed by atoms with E-state index >= 15 is 0 Å². The average molecular weight is 496 g/mol. The maximum absolute atomic E-state index is 14.1. The van der Waals surface area contributed by atoms with E-state index in [1.165, 1.54) is 13.2 Å². The summed E-state index contributed by atoms with van der Waals surface area (Å²) >= 11 is 6.01. The van der Waals surface area contributed by atoms with Crippen LogP contribution in [0.4, 0.5) is 10.2 Å². The summed E-state index contributed by atoms with van der Waals surface area (Å²) in [6.07, 6.45) is 2.50. The highest BCUT2D eigenvalue weighted by molar-refractivity contribution is 6.30. The number of aromatic nitrogens is 1. The highest BCUT2D eigenvalue weighted by Gasteiger charge is 2.46. The van der Waals surface area contributed by atoms with E-state index in [9.17, 15) is 14.0 Å². The van der Waals surface area contributed by atoms with Gasteiger partial charge >= 0.3 is 5.97 Å². The molecule has 3 aromatic rings. The molecular weight excluding hydrogens is 473 g/mol. The molecule has 1 aliphatic heterocycles. The van der Waals surface area contributed by atoms with E-state index in [4.69, 9.17) is 21.1 Å². The minimum atomic E-state index is -0.585. The maximum Gasteiger partial charge on any atom is 0.337 e. The number of hydrogen-bond acceptors (Lipinski definition) is 6. The summed E-state index contributed by atoms with van der Waals surface area (Å²) in [5, 5.41) is 3.65. The molecule has 1 aliphatic carbocycles. The van der Waals surface area contributed by atoms with Gasteiger partial charge in [0.15, 0.2) is 0 Å². The van der Waals surface area contributed by atoms with Crippen LogP contribution in [0.2, 0.25) is 5.02 Å². The first-order chi connectivity index (χ1) is 16.9. The van der Waals surface area contributed by atoms with Crippen molar-refractivity contribution in [2.24, 2.45) is 0 Å². The molecule has 1 amide bonds. The van der Waals surface area contributed by atoms with Crippen LogP contribution in [0.5, 0.6) is 5.75 Å². The van der Waals surface area contributed by atoms with Crippen LogP contribution in [-0.2, 0) is 10.3 Å². The zero-order valence-electron chi connectivity index (χ0n) is 19.0. The molecule has 2 fully saturated rings. The summed E-state index contributed by atoms with van der Waals surface area (Å²) in [5.41, 5.74) is 0.928. The Labute approximate surface area is 206 Å². The van der Waals surface area contributed by atoms with Gasteiger partial charge in [0.1, 0.15) is 23.5 Å². The standard InChI is InChI=1S/C26H23ClFN3O4/c1-34-25(33)16-5-7-17(8-6-16)26(9-10-26)30-24(32)22-12-19(28)13-29-23(22)31-14-21(15-31)35-20-4-2-3-18(27)11-20/h2-8,11-13,21H,9-10,14-15H2,1H3,(H,30,32). The Morgan fingerprint density at radius 1 is 1.14 bits per heavy atom. The molecular formula is C26H23ClFN3O4. The summed E-state index contributed by atoms with van der Waals surface area (Å²) in [6, 6.07) is 15.3. The number of rotatable bonds is 7. The van der Waals surface area contributed by atoms with Gasteiger partial charge in [-0.05, 0) is 54.8 Å². The van der Waals surface area contributed by atoms with Crippen LogP contribution in [0.3, 0.4) is 0 Å². The zero-order valence-corrected chi connectivity index (χ0v) is 19.7. The van der Waals surface area contributed by atoms with Crippen molar-refractivity contribution < 1.29 is 23.5 Å². The quantitative estimate of drug-likeness (QED) is 0.491. The van der Waals surface area contributed by atoms with Crippen LogP contribution >= 0.6 is 11.6 Å². The minimum Gasteiger partial charge on any atom is -0.487 e. The molecule has 0 spiro atoms. The molecule has 9 heteroatoms. The number of ether oxygens (including phenoxy) is 2. The molecule has 35 heavy (non-hydrogen) atoms. The van der Waals surface area contributed by atoms with Crippen LogP contribution in [0.15, 0.2) is 60.8 Å². The van der Waals surface area contributed by atoms with E-state index in [0.29, 0.717) is 35.2 Å². The van der Waals surface area contributed by atoms with Crippen molar-refractivity contribution in [1.82, 2.24) is 10.3 Å². The number of benzene rings is 2. The first kappa shape index (κ1) is 23.1. The SMILES string of the molecule is COC(=O)c1ccc(C2(NC(=O)c3cc(F)cnc3N3CC(Oc4cccc(Cl)c4)C3)CC2)cc1. The van der Waals surface area contributed by atoms with Gasteiger partial charge in [0.25, 0.3) is 5.91 Å². The van der Waals surface area contributed by atoms with Gasteiger partial charge < -0.3 is 19.7 Å². The molecule has 2 aromatic carbocycles. The Bertz CT molecular complexity index is 1270. The largest absolute Gasteiger partial charge is 0.487 e. The van der Waals surface area contributed by atoms with Gasteiger partial charge in [0.05, 0.1) is 43.1 Å². The number of pyridine rings is 1. The van der Waals surface area contributed by atoms with Crippen molar-refractivity contribution in [3.63, 3.8) is 0 Å². The summed E-state index contributed by atoms with van der Waals surface area (Å²) in [5.74, 6) is -0.333. The van der Waals surface area contributed by atoms with Gasteiger partial charge in [0.2, 0.25) is 0 Å². The number of nitrogens with one attached hydrogen (secondary N) is 1. The number of hydrogen-bond donors (Lipinski definition) is 1. The van der Waals surface area contributed by atoms with Gasteiger partial charge in [-0.2, -0.15) is 0 Å². The van der Waals surface area contributed by atoms with Crippen molar-refractivity contribution >= 4 is 29.3 Å². The molecule has 0 radical (unpaired) electrons. The summed E-state index contributed by atoms with van der Waals surface area (Å²) in [4.78, 5) is 31.1. The van der Waals surface area contributed by atoms with Gasteiger partial charge in [-0.1, -0.05) is 29.8 Å². The number of carbonyl (C=O) groups excluding carboxylic acids is 2. The normalized spacial score (nSPS) is 16.3. The van der Waals surface area contributed by atoms with Gasteiger partial charge in [-0.3, -0.25) is 4.79 Å². The van der Waals surface area contributed by atoms with Crippen molar-refractivity contribution in [3.05, 3.63) is 88.3 Å². The van der Waals surface area contributed by atoms with Gasteiger partial charge in [-0.15, -0.1) is 0 Å². The summed E-state index contributed by atoms with van der Waals surface area (Å²) < 4.78 is 24.7. The number of methoxy groups -OCH3 is 1. The molecule has 5 rings (SSSR count). The lowest BCUT2D eigenvalue weighted by molar-refractivity contribution is 0.0600. The van der Waals surface area contributed by atoms with Crippen LogP contribution < -0.4 is 15.0 Å². The molecule has 0 atom stereocenters. The average Bonchev–Trinajstić information content (AvgIpc) is 3.61. The second kappa shape index (κ2) is 9.19. The molecule has 0 bridgehead atoms. The Morgan fingerprint density at radius 2 is 1.89 bits per heavy atom. The van der Waals surface area contributed by atoms with E-state index < -0.39 is 23.2 Å². The molecule has 0 unspecified atom stereocenters. The van der Waals surface area contributed by atoms with Crippen molar-refractivity contribution in [1.29, 1.82) is 0 Å². The van der Waals surface area contributed by atoms with Crippen LogP contribution in [0.25, 0.3) is 0 Å². The molecule has 1 aromatic heterocycles.